The van der Waals surface area contributed by atoms with E-state index in [9.17, 15) is 9.18 Å². The molecule has 1 aliphatic heterocycles. The molecule has 1 saturated carbocycles. The largest absolute Gasteiger partial charge is 0.338 e. The average molecular weight is 558 g/mol. The van der Waals surface area contributed by atoms with Gasteiger partial charge in [-0.2, -0.15) is 9.78 Å². The molecule has 7 rings (SSSR count). The molecule has 2 fully saturated rings. The lowest BCUT2D eigenvalue weighted by Gasteiger charge is -2.19. The van der Waals surface area contributed by atoms with E-state index in [0.717, 1.165) is 46.9 Å². The summed E-state index contributed by atoms with van der Waals surface area (Å²) in [6, 6.07) is 23.7. The predicted molar refractivity (Wildman–Crippen MR) is 157 cm³/mol. The van der Waals surface area contributed by atoms with Crippen LogP contribution in [0, 0.1) is 16.6 Å². The van der Waals surface area contributed by atoms with Crippen molar-refractivity contribution >= 4 is 22.6 Å². The molecule has 0 spiro atoms. The molecule has 1 atom stereocenters. The van der Waals surface area contributed by atoms with Crippen molar-refractivity contribution in [1.82, 2.24) is 24.6 Å². The minimum absolute atomic E-state index is 0.0638. The molecule has 42 heavy (non-hydrogen) atoms. The zero-order chi connectivity index (χ0) is 28.8. The van der Waals surface area contributed by atoms with E-state index in [-0.39, 0.29) is 29.1 Å². The Labute approximate surface area is 241 Å². The number of rotatable bonds is 5. The highest BCUT2D eigenvalue weighted by Crippen LogP contribution is 2.49. The molecule has 1 amide bonds. The number of benzene rings is 3. The fourth-order valence-electron chi connectivity index (χ4n) is 5.95. The van der Waals surface area contributed by atoms with Crippen molar-refractivity contribution in [2.45, 2.75) is 30.6 Å². The molecule has 2 aliphatic rings. The number of halogens is 1. The molecule has 2 N–H and O–H groups in total. The van der Waals surface area contributed by atoms with Gasteiger partial charge in [0, 0.05) is 41.7 Å². The fraction of sp³-hybridized carbons (Fsp3) is 0.212. The highest BCUT2D eigenvalue weighted by atomic mass is 19.1. The van der Waals surface area contributed by atoms with Gasteiger partial charge in [-0.1, -0.05) is 36.4 Å². The van der Waals surface area contributed by atoms with Crippen molar-refractivity contribution in [1.29, 1.82) is 10.8 Å². The number of hydrogen-bond donors (Lipinski definition) is 2. The third-order valence-electron chi connectivity index (χ3n) is 8.51. The molecule has 1 aliphatic carbocycles. The maximum atomic E-state index is 13.7. The zero-order valence-corrected chi connectivity index (χ0v) is 22.8. The van der Waals surface area contributed by atoms with Gasteiger partial charge in [-0.15, -0.1) is 0 Å². The van der Waals surface area contributed by atoms with Crippen LogP contribution in [0.2, 0.25) is 0 Å². The second-order valence-electron chi connectivity index (χ2n) is 11.1. The van der Waals surface area contributed by atoms with Gasteiger partial charge < -0.3 is 4.90 Å². The molecule has 1 unspecified atom stereocenters. The fourth-order valence-corrected chi connectivity index (χ4v) is 5.95. The summed E-state index contributed by atoms with van der Waals surface area (Å²) in [5.74, 6) is 0.0173. The van der Waals surface area contributed by atoms with Gasteiger partial charge in [0.15, 0.2) is 0 Å². The second kappa shape index (κ2) is 10.1. The number of nitrogens with one attached hydrogen (secondary N) is 2. The monoisotopic (exact) mass is 557 g/mol. The Morgan fingerprint density at radius 3 is 2.60 bits per heavy atom. The van der Waals surface area contributed by atoms with Crippen LogP contribution in [-0.2, 0) is 5.41 Å². The van der Waals surface area contributed by atoms with Crippen LogP contribution in [0.25, 0.3) is 22.2 Å². The van der Waals surface area contributed by atoms with Crippen molar-refractivity contribution in [3.63, 3.8) is 0 Å². The maximum absolute atomic E-state index is 13.7. The molecule has 1 saturated heterocycles. The van der Waals surface area contributed by atoms with Crippen LogP contribution >= 0.6 is 0 Å². The Morgan fingerprint density at radius 2 is 1.81 bits per heavy atom. The van der Waals surface area contributed by atoms with Gasteiger partial charge in [-0.3, -0.25) is 20.6 Å². The van der Waals surface area contributed by atoms with Crippen LogP contribution in [0.5, 0.6) is 0 Å². The number of pyridine rings is 1. The van der Waals surface area contributed by atoms with Crippen molar-refractivity contribution in [3.05, 3.63) is 119 Å². The molecule has 2 aromatic heterocycles. The topological polar surface area (TPSA) is 112 Å². The van der Waals surface area contributed by atoms with Crippen LogP contribution in [-0.4, -0.2) is 49.5 Å². The maximum Gasteiger partial charge on any atom is 0.253 e. The summed E-state index contributed by atoms with van der Waals surface area (Å²) in [5.41, 5.74) is 4.02. The minimum Gasteiger partial charge on any atom is -0.338 e. The van der Waals surface area contributed by atoms with E-state index in [2.05, 4.69) is 21.1 Å². The number of nitrogens with zero attached hydrogens (tertiary/aromatic N) is 5. The van der Waals surface area contributed by atoms with E-state index in [0.29, 0.717) is 24.3 Å². The molecular weight excluding hydrogens is 529 g/mol. The van der Waals surface area contributed by atoms with Crippen molar-refractivity contribution in [2.75, 3.05) is 13.1 Å². The molecule has 0 radical (unpaired) electrons. The number of carbonyl (C=O) groups excluding carboxylic acids is 1. The minimum atomic E-state index is -0.521. The van der Waals surface area contributed by atoms with E-state index in [1.165, 1.54) is 16.9 Å². The van der Waals surface area contributed by atoms with E-state index >= 15 is 0 Å². The summed E-state index contributed by atoms with van der Waals surface area (Å²) in [6.07, 6.45) is 5.67. The van der Waals surface area contributed by atoms with Crippen LogP contribution in [0.4, 0.5) is 4.39 Å². The Hall–Kier alpha value is -5.05. The van der Waals surface area contributed by atoms with E-state index in [1.54, 1.807) is 30.5 Å². The lowest BCUT2D eigenvalue weighted by Crippen LogP contribution is -2.38. The van der Waals surface area contributed by atoms with Crippen molar-refractivity contribution in [3.8, 4) is 11.3 Å². The first kappa shape index (κ1) is 25.9. The van der Waals surface area contributed by atoms with E-state index in [4.69, 9.17) is 10.8 Å². The first-order valence-electron chi connectivity index (χ1n) is 14.0. The molecule has 5 aromatic rings. The molecule has 208 valence electrons. The molecule has 3 aromatic carbocycles. The summed E-state index contributed by atoms with van der Waals surface area (Å²) in [7, 11) is 0. The van der Waals surface area contributed by atoms with Gasteiger partial charge in [0.25, 0.3) is 5.91 Å². The number of hydrogen-bond acceptors (Lipinski definition) is 6. The third-order valence-corrected chi connectivity index (χ3v) is 8.51. The Balaban J connectivity index is 1.10. The lowest BCUT2D eigenvalue weighted by molar-refractivity contribution is 0.0791. The number of aromatic nitrogens is 4. The summed E-state index contributed by atoms with van der Waals surface area (Å²) in [5, 5.41) is 23.1. The smallest absolute Gasteiger partial charge is 0.253 e. The Bertz CT molecular complexity index is 1910. The summed E-state index contributed by atoms with van der Waals surface area (Å²) in [6.45, 7) is 1.17. The summed E-state index contributed by atoms with van der Waals surface area (Å²) in [4.78, 5) is 23.7. The molecule has 8 nitrogen and oxygen atoms in total. The quantitative estimate of drug-likeness (QED) is 0.226. The van der Waals surface area contributed by atoms with Gasteiger partial charge in [0.1, 0.15) is 17.3 Å². The van der Waals surface area contributed by atoms with Crippen LogP contribution < -0.4 is 5.62 Å². The SMILES string of the molecule is N=C(n1nc(-c2ccc(C(=O)N3CCC(c4cccc(F)c4)C3)cc2)cnc1=N)C1(c2ccc3ncccc3c2)CC1. The van der Waals surface area contributed by atoms with Gasteiger partial charge in [-0.25, -0.2) is 9.37 Å². The van der Waals surface area contributed by atoms with Crippen LogP contribution in [0.3, 0.4) is 0 Å². The number of amides is 1. The Kier molecular flexibility index (Phi) is 6.22. The number of fused-ring (bicyclic) bond motifs is 1. The summed E-state index contributed by atoms with van der Waals surface area (Å²) >= 11 is 0. The number of carbonyl (C=O) groups is 1. The van der Waals surface area contributed by atoms with Crippen molar-refractivity contribution in [2.24, 2.45) is 0 Å². The normalized spacial score (nSPS) is 17.4. The van der Waals surface area contributed by atoms with Gasteiger partial charge in [0.2, 0.25) is 5.62 Å². The second-order valence-corrected chi connectivity index (χ2v) is 11.1. The summed E-state index contributed by atoms with van der Waals surface area (Å²) < 4.78 is 15.0. The number of likely N-dealkylation sites (tertiary alicyclic amines) is 1. The molecule has 3 heterocycles. The van der Waals surface area contributed by atoms with E-state index in [1.807, 2.05) is 47.4 Å². The Morgan fingerprint density at radius 1 is 0.976 bits per heavy atom. The van der Waals surface area contributed by atoms with Gasteiger partial charge in [0.05, 0.1) is 17.1 Å². The van der Waals surface area contributed by atoms with Crippen LogP contribution in [0.1, 0.15) is 46.7 Å². The first-order chi connectivity index (χ1) is 20.4. The third kappa shape index (κ3) is 4.56. The zero-order valence-electron chi connectivity index (χ0n) is 22.8. The highest BCUT2D eigenvalue weighted by Gasteiger charge is 2.50. The lowest BCUT2D eigenvalue weighted by atomic mass is 9.93. The first-order valence-corrected chi connectivity index (χ1v) is 14.0. The van der Waals surface area contributed by atoms with Crippen LogP contribution in [0.15, 0.2) is 91.3 Å². The van der Waals surface area contributed by atoms with Gasteiger partial charge >= 0.3 is 0 Å². The van der Waals surface area contributed by atoms with Crippen molar-refractivity contribution < 1.29 is 9.18 Å². The predicted octanol–water partition coefficient (Wildman–Crippen LogP) is 5.30. The van der Waals surface area contributed by atoms with Gasteiger partial charge in [-0.05, 0) is 72.9 Å². The highest BCUT2D eigenvalue weighted by molar-refractivity contribution is 5.96. The standard InChI is InChI=1S/C33H28FN7O/c34-27-5-1-3-23(18-27)25-12-16-40(20-25)30(42)22-8-6-21(7-9-22)29-19-38-32(36)41(39-29)31(35)33(13-14-33)26-10-11-28-24(17-26)4-2-15-37-28/h1-11,15,17-19,25,35-36H,12-14,16,20H2. The molecule has 0 bridgehead atoms. The van der Waals surface area contributed by atoms with E-state index < -0.39 is 5.41 Å². The molecular formula is C33H28FN7O. The molecule has 9 heteroatoms. The average Bonchev–Trinajstić information content (AvgIpc) is 3.69.